The minimum atomic E-state index is -0.273. The van der Waals surface area contributed by atoms with Gasteiger partial charge in [0.05, 0.1) is 12.0 Å². The second-order valence-electron chi connectivity index (χ2n) is 5.01. The highest BCUT2D eigenvalue weighted by Crippen LogP contribution is 2.29. The van der Waals surface area contributed by atoms with E-state index in [0.717, 1.165) is 25.7 Å². The molecule has 0 rings (SSSR count). The molecule has 0 bridgehead atoms. The van der Waals surface area contributed by atoms with Crippen molar-refractivity contribution < 1.29 is 9.53 Å². The van der Waals surface area contributed by atoms with Gasteiger partial charge in [-0.1, -0.05) is 40.5 Å². The van der Waals surface area contributed by atoms with E-state index in [1.54, 1.807) is 0 Å². The lowest BCUT2D eigenvalue weighted by molar-refractivity contribution is -0.156. The summed E-state index contributed by atoms with van der Waals surface area (Å²) in [6.45, 7) is 10.9. The van der Waals surface area contributed by atoms with E-state index in [9.17, 15) is 4.79 Å². The summed E-state index contributed by atoms with van der Waals surface area (Å²) in [7, 11) is 0. The van der Waals surface area contributed by atoms with Crippen LogP contribution >= 0.6 is 0 Å². The maximum Gasteiger partial charge on any atom is 0.311 e. The molecule has 90 valence electrons. The van der Waals surface area contributed by atoms with Crippen LogP contribution in [-0.4, -0.2) is 12.6 Å². The molecule has 0 radical (unpaired) electrons. The fraction of sp³-hybridized carbons (Fsp3) is 0.923. The number of carbonyl (C=O) groups excluding carboxylic acids is 1. The van der Waals surface area contributed by atoms with Gasteiger partial charge in [-0.05, 0) is 25.7 Å². The van der Waals surface area contributed by atoms with Crippen LogP contribution in [0.25, 0.3) is 0 Å². The summed E-state index contributed by atoms with van der Waals surface area (Å²) in [5.74, 6) is 0.397. The van der Waals surface area contributed by atoms with Crippen molar-refractivity contribution in [3.8, 4) is 0 Å². The lowest BCUT2D eigenvalue weighted by Gasteiger charge is -2.26. The molecule has 0 aliphatic rings. The maximum atomic E-state index is 11.9. The Hall–Kier alpha value is -0.530. The van der Waals surface area contributed by atoms with Crippen LogP contribution in [0.3, 0.4) is 0 Å². The normalized spacial score (nSPS) is 15.1. The zero-order valence-electron chi connectivity index (χ0n) is 10.9. The number of hydrogen-bond acceptors (Lipinski definition) is 2. The molecule has 0 aliphatic carbocycles. The molecule has 2 nitrogen and oxygen atoms in total. The van der Waals surface area contributed by atoms with Gasteiger partial charge in [-0.2, -0.15) is 0 Å². The monoisotopic (exact) mass is 214 g/mol. The van der Waals surface area contributed by atoms with Gasteiger partial charge in [0.1, 0.15) is 0 Å². The van der Waals surface area contributed by atoms with E-state index in [1.165, 1.54) is 0 Å². The summed E-state index contributed by atoms with van der Waals surface area (Å²) in [5, 5.41) is 0. The van der Waals surface area contributed by atoms with Crippen LogP contribution in [0, 0.1) is 11.3 Å². The van der Waals surface area contributed by atoms with Crippen molar-refractivity contribution in [1.82, 2.24) is 0 Å². The molecule has 0 fully saturated rings. The zero-order valence-corrected chi connectivity index (χ0v) is 10.9. The van der Waals surface area contributed by atoms with Crippen molar-refractivity contribution in [1.29, 1.82) is 0 Å². The van der Waals surface area contributed by atoms with Gasteiger partial charge < -0.3 is 4.74 Å². The standard InChI is InChI=1S/C13H26O2/c1-6-8-9-13(5,7-2)12(14)15-10-11(3)4/h11H,6-10H2,1-5H3. The van der Waals surface area contributed by atoms with E-state index in [2.05, 4.69) is 27.7 Å². The molecule has 0 spiro atoms. The number of ether oxygens (including phenoxy) is 1. The number of rotatable bonds is 7. The topological polar surface area (TPSA) is 26.3 Å². The largest absolute Gasteiger partial charge is 0.465 e. The van der Waals surface area contributed by atoms with Crippen LogP contribution in [0.4, 0.5) is 0 Å². The van der Waals surface area contributed by atoms with Gasteiger partial charge in [-0.15, -0.1) is 0 Å². The lowest BCUT2D eigenvalue weighted by Crippen LogP contribution is -2.30. The minimum absolute atomic E-state index is 0.0212. The van der Waals surface area contributed by atoms with E-state index < -0.39 is 0 Å². The van der Waals surface area contributed by atoms with Crippen molar-refractivity contribution in [3.63, 3.8) is 0 Å². The molecule has 2 heteroatoms. The maximum absolute atomic E-state index is 11.9. The molecule has 1 atom stereocenters. The second-order valence-corrected chi connectivity index (χ2v) is 5.01. The highest BCUT2D eigenvalue weighted by molar-refractivity contribution is 5.76. The third-order valence-electron chi connectivity index (χ3n) is 2.90. The van der Waals surface area contributed by atoms with E-state index in [-0.39, 0.29) is 11.4 Å². The smallest absolute Gasteiger partial charge is 0.311 e. The average molecular weight is 214 g/mol. The Labute approximate surface area is 94.4 Å². The fourth-order valence-corrected chi connectivity index (χ4v) is 1.41. The van der Waals surface area contributed by atoms with Crippen LogP contribution in [0.1, 0.15) is 60.3 Å². The van der Waals surface area contributed by atoms with Crippen molar-refractivity contribution in [3.05, 3.63) is 0 Å². The van der Waals surface area contributed by atoms with Gasteiger partial charge >= 0.3 is 5.97 Å². The van der Waals surface area contributed by atoms with E-state index in [1.807, 2.05) is 6.92 Å². The molecular weight excluding hydrogens is 188 g/mol. The summed E-state index contributed by atoms with van der Waals surface area (Å²) in [6, 6.07) is 0. The quantitative estimate of drug-likeness (QED) is 0.603. The highest BCUT2D eigenvalue weighted by atomic mass is 16.5. The number of esters is 1. The first-order valence-corrected chi connectivity index (χ1v) is 6.13. The summed E-state index contributed by atoms with van der Waals surface area (Å²) in [4.78, 5) is 11.9. The van der Waals surface area contributed by atoms with Crippen LogP contribution < -0.4 is 0 Å². The molecule has 0 saturated heterocycles. The van der Waals surface area contributed by atoms with Crippen molar-refractivity contribution in [2.24, 2.45) is 11.3 Å². The van der Waals surface area contributed by atoms with Crippen molar-refractivity contribution >= 4 is 5.97 Å². The lowest BCUT2D eigenvalue weighted by atomic mass is 9.82. The van der Waals surface area contributed by atoms with Gasteiger partial charge in [0.2, 0.25) is 0 Å². The van der Waals surface area contributed by atoms with Gasteiger partial charge in [0.25, 0.3) is 0 Å². The van der Waals surface area contributed by atoms with Crippen LogP contribution in [0.5, 0.6) is 0 Å². The Morgan fingerprint density at radius 3 is 2.33 bits per heavy atom. The fourth-order valence-electron chi connectivity index (χ4n) is 1.41. The molecule has 0 aromatic heterocycles. The van der Waals surface area contributed by atoms with Crippen molar-refractivity contribution in [2.45, 2.75) is 60.3 Å². The minimum Gasteiger partial charge on any atom is -0.465 e. The van der Waals surface area contributed by atoms with Crippen LogP contribution in [0.2, 0.25) is 0 Å². The second kappa shape index (κ2) is 6.86. The van der Waals surface area contributed by atoms with Gasteiger partial charge in [-0.25, -0.2) is 0 Å². The van der Waals surface area contributed by atoms with Crippen LogP contribution in [0.15, 0.2) is 0 Å². The molecule has 15 heavy (non-hydrogen) atoms. The van der Waals surface area contributed by atoms with Gasteiger partial charge in [0.15, 0.2) is 0 Å². The molecule has 0 amide bonds. The molecule has 0 N–H and O–H groups in total. The Morgan fingerprint density at radius 1 is 1.33 bits per heavy atom. The first-order valence-electron chi connectivity index (χ1n) is 6.13. The summed E-state index contributed by atoms with van der Waals surface area (Å²) < 4.78 is 5.32. The number of unbranched alkanes of at least 4 members (excludes halogenated alkanes) is 1. The first-order chi connectivity index (χ1) is 6.96. The number of carbonyl (C=O) groups is 1. The Balaban J connectivity index is 4.18. The molecule has 0 aromatic carbocycles. The highest BCUT2D eigenvalue weighted by Gasteiger charge is 2.32. The van der Waals surface area contributed by atoms with Crippen LogP contribution in [-0.2, 0) is 9.53 Å². The van der Waals surface area contributed by atoms with Gasteiger partial charge in [-0.3, -0.25) is 4.79 Å². The number of hydrogen-bond donors (Lipinski definition) is 0. The third kappa shape index (κ3) is 5.19. The van der Waals surface area contributed by atoms with E-state index in [0.29, 0.717) is 12.5 Å². The Bertz CT molecular complexity index is 187. The van der Waals surface area contributed by atoms with E-state index in [4.69, 9.17) is 4.74 Å². The predicted octanol–water partition coefficient (Wildman–Crippen LogP) is 3.79. The molecule has 0 aromatic rings. The predicted molar refractivity (Wildman–Crippen MR) is 63.7 cm³/mol. The average Bonchev–Trinajstić information content (AvgIpc) is 2.22. The molecule has 0 heterocycles. The summed E-state index contributed by atoms with van der Waals surface area (Å²) in [5.41, 5.74) is -0.273. The zero-order chi connectivity index (χ0) is 11.9. The Kier molecular flexibility index (Phi) is 6.62. The first kappa shape index (κ1) is 14.5. The third-order valence-corrected chi connectivity index (χ3v) is 2.90. The summed E-state index contributed by atoms with van der Waals surface area (Å²) >= 11 is 0. The van der Waals surface area contributed by atoms with Gasteiger partial charge in [0, 0.05) is 0 Å². The summed E-state index contributed by atoms with van der Waals surface area (Å²) in [6.07, 6.45) is 4.04. The van der Waals surface area contributed by atoms with E-state index >= 15 is 0 Å². The molecule has 1 unspecified atom stereocenters. The van der Waals surface area contributed by atoms with Crippen molar-refractivity contribution in [2.75, 3.05) is 6.61 Å². The Morgan fingerprint density at radius 2 is 1.93 bits per heavy atom. The molecular formula is C13H26O2. The molecule has 0 aliphatic heterocycles. The molecule has 0 saturated carbocycles. The SMILES string of the molecule is CCCCC(C)(CC)C(=O)OCC(C)C.